The van der Waals surface area contributed by atoms with Gasteiger partial charge in [0.15, 0.2) is 5.96 Å². The number of hydrogen-bond acceptors (Lipinski definition) is 1. The van der Waals surface area contributed by atoms with Gasteiger partial charge in [0.25, 0.3) is 0 Å². The van der Waals surface area contributed by atoms with Crippen molar-refractivity contribution in [2.45, 2.75) is 26.8 Å². The van der Waals surface area contributed by atoms with Crippen LogP contribution in [0.15, 0.2) is 29.3 Å². The van der Waals surface area contributed by atoms with Crippen molar-refractivity contribution in [2.24, 2.45) is 10.4 Å². The predicted octanol–water partition coefficient (Wildman–Crippen LogP) is 3.25. The Bertz CT molecular complexity index is 474. The van der Waals surface area contributed by atoms with Crippen molar-refractivity contribution >= 4 is 29.9 Å². The zero-order valence-electron chi connectivity index (χ0n) is 12.3. The zero-order chi connectivity index (χ0) is 13.9. The molecule has 0 spiro atoms. The van der Waals surface area contributed by atoms with Crippen molar-refractivity contribution in [2.75, 3.05) is 20.1 Å². The van der Waals surface area contributed by atoms with E-state index in [1.807, 2.05) is 6.07 Å². The smallest absolute Gasteiger partial charge is 0.193 e. The van der Waals surface area contributed by atoms with Gasteiger partial charge >= 0.3 is 0 Å². The maximum atomic E-state index is 13.1. The highest BCUT2D eigenvalue weighted by atomic mass is 127. The fraction of sp³-hybridized carbons (Fsp3) is 0.533. The van der Waals surface area contributed by atoms with Gasteiger partial charge in [-0.15, -0.1) is 24.0 Å². The number of likely N-dealkylation sites (tertiary alicyclic amines) is 1. The number of benzene rings is 1. The van der Waals surface area contributed by atoms with E-state index in [1.54, 1.807) is 19.2 Å². The van der Waals surface area contributed by atoms with Gasteiger partial charge in [-0.05, 0) is 29.5 Å². The molecule has 1 aromatic rings. The lowest BCUT2D eigenvalue weighted by Gasteiger charge is -2.23. The summed E-state index contributed by atoms with van der Waals surface area (Å²) in [5, 5.41) is 3.30. The molecule has 0 atom stereocenters. The Morgan fingerprint density at radius 3 is 2.75 bits per heavy atom. The third kappa shape index (κ3) is 4.61. The summed E-state index contributed by atoms with van der Waals surface area (Å²) >= 11 is 0. The molecule has 1 N–H and O–H groups in total. The van der Waals surface area contributed by atoms with Crippen LogP contribution >= 0.6 is 24.0 Å². The molecular weight excluding hydrogens is 368 g/mol. The van der Waals surface area contributed by atoms with Crippen molar-refractivity contribution in [1.82, 2.24) is 10.2 Å². The third-order valence-corrected chi connectivity index (χ3v) is 3.53. The summed E-state index contributed by atoms with van der Waals surface area (Å²) in [6.07, 6.45) is 1.17. The van der Waals surface area contributed by atoms with Crippen LogP contribution in [0.2, 0.25) is 0 Å². The summed E-state index contributed by atoms with van der Waals surface area (Å²) in [6.45, 7) is 7.17. The Hall–Kier alpha value is -0.850. The van der Waals surface area contributed by atoms with Gasteiger partial charge in [-0.2, -0.15) is 0 Å². The Kier molecular flexibility index (Phi) is 6.23. The molecule has 1 aromatic carbocycles. The first kappa shape index (κ1) is 17.2. The fourth-order valence-electron chi connectivity index (χ4n) is 2.45. The van der Waals surface area contributed by atoms with Gasteiger partial charge in [0.2, 0.25) is 0 Å². The first-order valence-electron chi connectivity index (χ1n) is 6.70. The second-order valence-electron chi connectivity index (χ2n) is 5.87. The minimum absolute atomic E-state index is 0. The van der Waals surface area contributed by atoms with Crippen LogP contribution in [0.3, 0.4) is 0 Å². The maximum absolute atomic E-state index is 13.1. The SMILES string of the molecule is CN=C(NCc1cccc(F)c1)N1CCC(C)(C)C1.I. The Balaban J connectivity index is 0.00000200. The molecule has 0 aromatic heterocycles. The molecule has 0 radical (unpaired) electrons. The van der Waals surface area contributed by atoms with Crippen molar-refractivity contribution in [3.05, 3.63) is 35.6 Å². The molecule has 0 saturated carbocycles. The Morgan fingerprint density at radius 2 is 2.20 bits per heavy atom. The average Bonchev–Trinajstić information content (AvgIpc) is 2.71. The van der Waals surface area contributed by atoms with Crippen molar-refractivity contribution < 1.29 is 4.39 Å². The van der Waals surface area contributed by atoms with E-state index in [9.17, 15) is 4.39 Å². The highest BCUT2D eigenvalue weighted by Crippen LogP contribution is 2.28. The monoisotopic (exact) mass is 391 g/mol. The lowest BCUT2D eigenvalue weighted by Crippen LogP contribution is -2.40. The van der Waals surface area contributed by atoms with Gasteiger partial charge in [0, 0.05) is 26.7 Å². The number of aliphatic imine (C=N–C) groups is 1. The second-order valence-corrected chi connectivity index (χ2v) is 5.87. The van der Waals surface area contributed by atoms with Gasteiger partial charge in [-0.25, -0.2) is 4.39 Å². The molecule has 1 fully saturated rings. The molecule has 0 aliphatic carbocycles. The maximum Gasteiger partial charge on any atom is 0.193 e. The van der Waals surface area contributed by atoms with E-state index in [0.717, 1.165) is 24.6 Å². The molecule has 1 saturated heterocycles. The third-order valence-electron chi connectivity index (χ3n) is 3.53. The molecule has 0 amide bonds. The van der Waals surface area contributed by atoms with Crippen LogP contribution in [0.4, 0.5) is 4.39 Å². The summed E-state index contributed by atoms with van der Waals surface area (Å²) in [5.41, 5.74) is 1.27. The van der Waals surface area contributed by atoms with E-state index >= 15 is 0 Å². The van der Waals surface area contributed by atoms with Crippen molar-refractivity contribution in [1.29, 1.82) is 0 Å². The number of rotatable bonds is 2. The van der Waals surface area contributed by atoms with Crippen LogP contribution in [-0.2, 0) is 6.54 Å². The standard InChI is InChI=1S/C15H22FN3.HI/c1-15(2)7-8-19(11-15)14(17-3)18-10-12-5-4-6-13(16)9-12;/h4-6,9H,7-8,10-11H2,1-3H3,(H,17,18);1H. The number of guanidine groups is 1. The molecule has 1 aliphatic heterocycles. The summed E-state index contributed by atoms with van der Waals surface area (Å²) in [6, 6.07) is 6.65. The molecule has 0 bridgehead atoms. The molecule has 2 rings (SSSR count). The average molecular weight is 391 g/mol. The largest absolute Gasteiger partial charge is 0.352 e. The van der Waals surface area contributed by atoms with E-state index in [-0.39, 0.29) is 29.8 Å². The normalized spacial score (nSPS) is 17.8. The number of hydrogen-bond donors (Lipinski definition) is 1. The van der Waals surface area contributed by atoms with Crippen LogP contribution in [0.1, 0.15) is 25.8 Å². The van der Waals surface area contributed by atoms with E-state index in [0.29, 0.717) is 12.0 Å². The highest BCUT2D eigenvalue weighted by molar-refractivity contribution is 14.0. The summed E-state index contributed by atoms with van der Waals surface area (Å²) < 4.78 is 13.1. The molecule has 1 aliphatic rings. The highest BCUT2D eigenvalue weighted by Gasteiger charge is 2.30. The van der Waals surface area contributed by atoms with Crippen LogP contribution in [-0.4, -0.2) is 31.0 Å². The van der Waals surface area contributed by atoms with Gasteiger partial charge in [-0.1, -0.05) is 26.0 Å². The molecule has 20 heavy (non-hydrogen) atoms. The molecule has 0 unspecified atom stereocenters. The van der Waals surface area contributed by atoms with Crippen molar-refractivity contribution in [3.63, 3.8) is 0 Å². The molecular formula is C15H23FIN3. The van der Waals surface area contributed by atoms with Crippen LogP contribution in [0.5, 0.6) is 0 Å². The number of nitrogens with zero attached hydrogens (tertiary/aromatic N) is 2. The van der Waals surface area contributed by atoms with E-state index in [2.05, 4.69) is 29.1 Å². The summed E-state index contributed by atoms with van der Waals surface area (Å²) in [5.74, 6) is 0.700. The minimum atomic E-state index is -0.198. The first-order valence-corrected chi connectivity index (χ1v) is 6.70. The van der Waals surface area contributed by atoms with E-state index < -0.39 is 0 Å². The summed E-state index contributed by atoms with van der Waals surface area (Å²) in [4.78, 5) is 6.57. The van der Waals surface area contributed by atoms with E-state index in [4.69, 9.17) is 0 Å². The molecule has 112 valence electrons. The molecule has 1 heterocycles. The quantitative estimate of drug-likeness (QED) is 0.476. The van der Waals surface area contributed by atoms with E-state index in [1.165, 1.54) is 12.5 Å². The predicted molar refractivity (Wildman–Crippen MR) is 92.0 cm³/mol. The van der Waals surface area contributed by atoms with Crippen LogP contribution < -0.4 is 5.32 Å². The van der Waals surface area contributed by atoms with Gasteiger partial charge < -0.3 is 10.2 Å². The Morgan fingerprint density at radius 1 is 1.45 bits per heavy atom. The summed E-state index contributed by atoms with van der Waals surface area (Å²) in [7, 11) is 1.79. The first-order chi connectivity index (χ1) is 9.00. The number of nitrogens with one attached hydrogen (secondary N) is 1. The minimum Gasteiger partial charge on any atom is -0.352 e. The molecule has 5 heteroatoms. The van der Waals surface area contributed by atoms with Gasteiger partial charge in [0.05, 0.1) is 0 Å². The zero-order valence-corrected chi connectivity index (χ0v) is 14.6. The van der Waals surface area contributed by atoms with Gasteiger partial charge in [0.1, 0.15) is 5.82 Å². The van der Waals surface area contributed by atoms with Gasteiger partial charge in [-0.3, -0.25) is 4.99 Å². The Labute approximate surface area is 137 Å². The lowest BCUT2D eigenvalue weighted by molar-refractivity contribution is 0.370. The topological polar surface area (TPSA) is 27.6 Å². The number of halogens is 2. The van der Waals surface area contributed by atoms with Crippen molar-refractivity contribution in [3.8, 4) is 0 Å². The fourth-order valence-corrected chi connectivity index (χ4v) is 2.45. The van der Waals surface area contributed by atoms with Crippen LogP contribution in [0.25, 0.3) is 0 Å². The van der Waals surface area contributed by atoms with Crippen LogP contribution in [0, 0.1) is 11.2 Å². The lowest BCUT2D eigenvalue weighted by atomic mass is 9.93. The molecule has 3 nitrogen and oxygen atoms in total. The second kappa shape index (κ2) is 7.24.